The average Bonchev–Trinajstić information content (AvgIpc) is 2.45. The fraction of sp³-hybridized carbons (Fsp3) is 0.462. The number of carbonyl (C=O) groups is 1. The maximum Gasteiger partial charge on any atom is 0.258 e. The Labute approximate surface area is 117 Å². The lowest BCUT2D eigenvalue weighted by Crippen LogP contribution is -2.48. The van der Waals surface area contributed by atoms with E-state index in [1.54, 1.807) is 12.1 Å². The number of para-hydroxylation sites is 1. The molecule has 1 fully saturated rings. The van der Waals surface area contributed by atoms with Gasteiger partial charge in [0.15, 0.2) is 6.61 Å². The first kappa shape index (κ1) is 14.1. The number of amides is 1. The Kier molecular flexibility index (Phi) is 5.44. The molecule has 0 aliphatic carbocycles. The summed E-state index contributed by atoms with van der Waals surface area (Å²) in [4.78, 5) is 13.8. The first-order chi connectivity index (χ1) is 9.25. The molecule has 0 bridgehead atoms. The van der Waals surface area contributed by atoms with Crippen LogP contribution in [0.4, 0.5) is 0 Å². The number of hydrogen-bond donors (Lipinski definition) is 2. The second-order valence-electron chi connectivity index (χ2n) is 4.35. The lowest BCUT2D eigenvalue weighted by Gasteiger charge is -2.27. The minimum atomic E-state index is -0.140. The zero-order chi connectivity index (χ0) is 13.5. The number of ether oxygens (including phenoxy) is 1. The lowest BCUT2D eigenvalue weighted by atomic mass is 10.3. The zero-order valence-electron chi connectivity index (χ0n) is 10.7. The number of rotatable bonds is 5. The number of benzene rings is 1. The topological polar surface area (TPSA) is 53.6 Å². The fourth-order valence-electron chi connectivity index (χ4n) is 1.83. The molecule has 1 heterocycles. The highest BCUT2D eigenvalue weighted by atomic mass is 35.5. The van der Waals surface area contributed by atoms with Crippen LogP contribution in [-0.4, -0.2) is 50.3 Å². The highest BCUT2D eigenvalue weighted by molar-refractivity contribution is 6.32. The van der Waals surface area contributed by atoms with Gasteiger partial charge in [-0.05, 0) is 12.1 Å². The van der Waals surface area contributed by atoms with Crippen molar-refractivity contribution in [2.24, 2.45) is 0 Å². The van der Waals surface area contributed by atoms with Gasteiger partial charge in [-0.15, -0.1) is 0 Å². The van der Waals surface area contributed by atoms with Gasteiger partial charge in [0.2, 0.25) is 0 Å². The monoisotopic (exact) mass is 283 g/mol. The minimum absolute atomic E-state index is 0.0180. The molecule has 0 spiro atoms. The summed E-state index contributed by atoms with van der Waals surface area (Å²) in [5, 5.41) is 6.61. The van der Waals surface area contributed by atoms with E-state index in [9.17, 15) is 4.79 Å². The van der Waals surface area contributed by atoms with Gasteiger partial charge < -0.3 is 15.4 Å². The van der Waals surface area contributed by atoms with Crippen LogP contribution in [0.25, 0.3) is 0 Å². The van der Waals surface area contributed by atoms with Gasteiger partial charge >= 0.3 is 0 Å². The zero-order valence-corrected chi connectivity index (χ0v) is 11.4. The van der Waals surface area contributed by atoms with Crippen LogP contribution in [0.2, 0.25) is 5.02 Å². The van der Waals surface area contributed by atoms with Crippen LogP contribution in [-0.2, 0) is 4.79 Å². The first-order valence-electron chi connectivity index (χ1n) is 6.33. The van der Waals surface area contributed by atoms with E-state index < -0.39 is 0 Å². The van der Waals surface area contributed by atoms with Crippen molar-refractivity contribution < 1.29 is 9.53 Å². The summed E-state index contributed by atoms with van der Waals surface area (Å²) in [5.41, 5.74) is 0. The highest BCUT2D eigenvalue weighted by Crippen LogP contribution is 2.22. The van der Waals surface area contributed by atoms with Gasteiger partial charge in [-0.1, -0.05) is 23.7 Å². The van der Waals surface area contributed by atoms with E-state index in [4.69, 9.17) is 16.3 Å². The molecule has 0 radical (unpaired) electrons. The minimum Gasteiger partial charge on any atom is -0.482 e. The van der Waals surface area contributed by atoms with Crippen LogP contribution in [0.3, 0.4) is 0 Å². The Bertz CT molecular complexity index is 422. The number of nitrogens with zero attached hydrogens (tertiary/aromatic N) is 1. The van der Waals surface area contributed by atoms with Crippen LogP contribution in [0.5, 0.6) is 5.75 Å². The number of hydrogen-bond acceptors (Lipinski definition) is 4. The Morgan fingerprint density at radius 3 is 2.84 bits per heavy atom. The molecule has 0 saturated carbocycles. The first-order valence-corrected chi connectivity index (χ1v) is 6.70. The summed E-state index contributed by atoms with van der Waals surface area (Å²) in [6.07, 6.45) is 0. The molecule has 2 rings (SSSR count). The van der Waals surface area contributed by atoms with Gasteiger partial charge in [0.25, 0.3) is 5.91 Å². The van der Waals surface area contributed by atoms with Crippen molar-refractivity contribution in [2.75, 3.05) is 39.5 Å². The second kappa shape index (κ2) is 7.33. The predicted octanol–water partition coefficient (Wildman–Crippen LogP) is 0.698. The van der Waals surface area contributed by atoms with Gasteiger partial charge in [0, 0.05) is 26.2 Å². The van der Waals surface area contributed by atoms with Gasteiger partial charge in [-0.2, -0.15) is 0 Å². The number of piperazine rings is 1. The van der Waals surface area contributed by atoms with Crippen LogP contribution >= 0.6 is 11.6 Å². The Hall–Kier alpha value is -1.30. The molecule has 0 aromatic heterocycles. The van der Waals surface area contributed by atoms with Crippen molar-refractivity contribution in [2.45, 2.75) is 0 Å². The summed E-state index contributed by atoms with van der Waals surface area (Å²) in [6, 6.07) is 7.11. The van der Waals surface area contributed by atoms with Crippen molar-refractivity contribution in [1.82, 2.24) is 15.5 Å². The smallest absolute Gasteiger partial charge is 0.258 e. The van der Waals surface area contributed by atoms with Crippen LogP contribution in [0.1, 0.15) is 0 Å². The molecule has 0 atom stereocenters. The summed E-state index contributed by atoms with van der Waals surface area (Å²) >= 11 is 5.93. The number of halogens is 1. The van der Waals surface area contributed by atoms with Crippen molar-refractivity contribution in [3.63, 3.8) is 0 Å². The molecule has 2 N–H and O–H groups in total. The molecule has 1 amide bonds. The SMILES string of the molecule is O=C(COc1ccccc1Cl)NCN1CCNCC1. The van der Waals surface area contributed by atoms with E-state index in [0.717, 1.165) is 26.2 Å². The average molecular weight is 284 g/mol. The van der Waals surface area contributed by atoms with Gasteiger partial charge in [-0.3, -0.25) is 9.69 Å². The molecule has 1 aliphatic rings. The summed E-state index contributed by atoms with van der Waals surface area (Å²) in [7, 11) is 0. The molecule has 1 aromatic rings. The predicted molar refractivity (Wildman–Crippen MR) is 74.4 cm³/mol. The van der Waals surface area contributed by atoms with Gasteiger partial charge in [-0.25, -0.2) is 0 Å². The number of nitrogens with one attached hydrogen (secondary N) is 2. The third-order valence-electron chi connectivity index (χ3n) is 2.90. The van der Waals surface area contributed by atoms with E-state index >= 15 is 0 Å². The normalized spacial score (nSPS) is 16.1. The molecule has 5 nitrogen and oxygen atoms in total. The van der Waals surface area contributed by atoms with Crippen molar-refractivity contribution in [1.29, 1.82) is 0 Å². The summed E-state index contributed by atoms with van der Waals surface area (Å²) < 4.78 is 5.36. The van der Waals surface area contributed by atoms with E-state index in [2.05, 4.69) is 15.5 Å². The molecule has 19 heavy (non-hydrogen) atoms. The maximum absolute atomic E-state index is 11.6. The van der Waals surface area contributed by atoms with Crippen LogP contribution in [0.15, 0.2) is 24.3 Å². The standard InChI is InChI=1S/C13H18ClN3O2/c14-11-3-1-2-4-12(11)19-9-13(18)16-10-17-7-5-15-6-8-17/h1-4,15H,5-10H2,(H,16,18). The second-order valence-corrected chi connectivity index (χ2v) is 4.75. The molecule has 104 valence electrons. The molecule has 1 aromatic carbocycles. The molecule has 0 unspecified atom stereocenters. The maximum atomic E-state index is 11.6. The van der Waals surface area contributed by atoms with Gasteiger partial charge in [0.05, 0.1) is 11.7 Å². The van der Waals surface area contributed by atoms with E-state index in [1.165, 1.54) is 0 Å². The Morgan fingerprint density at radius 1 is 1.37 bits per heavy atom. The van der Waals surface area contributed by atoms with E-state index in [1.807, 2.05) is 12.1 Å². The lowest BCUT2D eigenvalue weighted by molar-refractivity contribution is -0.123. The number of carbonyl (C=O) groups excluding carboxylic acids is 1. The largest absolute Gasteiger partial charge is 0.482 e. The van der Waals surface area contributed by atoms with Crippen molar-refractivity contribution in [3.05, 3.63) is 29.3 Å². The van der Waals surface area contributed by atoms with Crippen molar-refractivity contribution >= 4 is 17.5 Å². The Morgan fingerprint density at radius 2 is 2.11 bits per heavy atom. The van der Waals surface area contributed by atoms with E-state index in [0.29, 0.717) is 17.4 Å². The van der Waals surface area contributed by atoms with Gasteiger partial charge in [0.1, 0.15) is 5.75 Å². The molecular weight excluding hydrogens is 266 g/mol. The Balaban J connectivity index is 1.68. The van der Waals surface area contributed by atoms with Crippen molar-refractivity contribution in [3.8, 4) is 5.75 Å². The van der Waals surface area contributed by atoms with Crippen LogP contribution < -0.4 is 15.4 Å². The summed E-state index contributed by atoms with van der Waals surface area (Å²) in [5.74, 6) is 0.389. The quantitative estimate of drug-likeness (QED) is 0.835. The third kappa shape index (κ3) is 4.70. The highest BCUT2D eigenvalue weighted by Gasteiger charge is 2.11. The molecule has 1 aliphatic heterocycles. The molecule has 1 saturated heterocycles. The van der Waals surface area contributed by atoms with E-state index in [-0.39, 0.29) is 12.5 Å². The summed E-state index contributed by atoms with van der Waals surface area (Å²) in [6.45, 7) is 4.37. The molecular formula is C13H18ClN3O2. The van der Waals surface area contributed by atoms with Crippen LogP contribution in [0, 0.1) is 0 Å². The molecule has 6 heteroatoms. The fourth-order valence-corrected chi connectivity index (χ4v) is 2.02. The third-order valence-corrected chi connectivity index (χ3v) is 3.22.